The van der Waals surface area contributed by atoms with Gasteiger partial charge in [0.2, 0.25) is 0 Å². The van der Waals surface area contributed by atoms with Crippen LogP contribution in [0.2, 0.25) is 0 Å². The first-order valence-electron chi connectivity index (χ1n) is 6.38. The molecule has 17 heavy (non-hydrogen) atoms. The highest BCUT2D eigenvalue weighted by atomic mass is 32.2. The van der Waals surface area contributed by atoms with Crippen LogP contribution in [0, 0.1) is 5.92 Å². The summed E-state index contributed by atoms with van der Waals surface area (Å²) in [6.45, 7) is 1.12. The second-order valence-corrected chi connectivity index (χ2v) is 6.05. The largest absolute Gasteiger partial charge is 0.497 e. The fourth-order valence-corrected chi connectivity index (χ4v) is 4.35. The van der Waals surface area contributed by atoms with Gasteiger partial charge in [0.15, 0.2) is 0 Å². The van der Waals surface area contributed by atoms with E-state index in [-0.39, 0.29) is 0 Å². The Kier molecular flexibility index (Phi) is 3.19. The fraction of sp³-hybridized carbons (Fsp3) is 0.571. The molecule has 1 N–H and O–H groups in total. The molecule has 2 atom stereocenters. The number of hydrogen-bond acceptors (Lipinski definition) is 3. The van der Waals surface area contributed by atoms with Gasteiger partial charge in [-0.15, -0.1) is 0 Å². The highest BCUT2D eigenvalue weighted by Crippen LogP contribution is 2.43. The zero-order valence-electron chi connectivity index (χ0n) is 10.2. The second-order valence-electron chi connectivity index (χ2n) is 4.90. The Balaban J connectivity index is 1.93. The number of methoxy groups -OCH3 is 1. The maximum absolute atomic E-state index is 5.36. The van der Waals surface area contributed by atoms with Crippen LogP contribution in [0.1, 0.15) is 24.3 Å². The molecule has 0 bridgehead atoms. The fourth-order valence-electron chi connectivity index (χ4n) is 3.01. The third-order valence-corrected chi connectivity index (χ3v) is 5.15. The van der Waals surface area contributed by atoms with Gasteiger partial charge in [-0.2, -0.15) is 11.8 Å². The molecule has 2 aliphatic heterocycles. The van der Waals surface area contributed by atoms with E-state index in [0.717, 1.165) is 24.1 Å². The molecule has 0 amide bonds. The first kappa shape index (κ1) is 11.3. The summed E-state index contributed by atoms with van der Waals surface area (Å²) in [4.78, 5) is 0. The van der Waals surface area contributed by atoms with Crippen molar-refractivity contribution >= 4 is 17.4 Å². The highest BCUT2D eigenvalue weighted by Gasteiger charge is 2.30. The number of nitrogens with one attached hydrogen (secondary N) is 1. The summed E-state index contributed by atoms with van der Waals surface area (Å²) in [7, 11) is 1.75. The smallest absolute Gasteiger partial charge is 0.119 e. The minimum absolute atomic E-state index is 0.733. The Bertz CT molecular complexity index is 401. The first-order chi connectivity index (χ1) is 8.38. The molecule has 1 fully saturated rings. The van der Waals surface area contributed by atoms with E-state index in [4.69, 9.17) is 4.74 Å². The molecule has 3 heteroatoms. The van der Waals surface area contributed by atoms with Crippen molar-refractivity contribution in [3.8, 4) is 5.75 Å². The number of ether oxygens (including phenoxy) is 1. The third-order valence-electron chi connectivity index (χ3n) is 3.96. The van der Waals surface area contributed by atoms with E-state index in [1.54, 1.807) is 7.11 Å². The van der Waals surface area contributed by atoms with Crippen molar-refractivity contribution in [2.75, 3.05) is 30.5 Å². The van der Waals surface area contributed by atoms with Gasteiger partial charge in [-0.25, -0.2) is 0 Å². The highest BCUT2D eigenvalue weighted by molar-refractivity contribution is 7.99. The van der Waals surface area contributed by atoms with E-state index in [9.17, 15) is 0 Å². The van der Waals surface area contributed by atoms with Crippen LogP contribution in [-0.4, -0.2) is 25.2 Å². The van der Waals surface area contributed by atoms with Crippen LogP contribution in [0.3, 0.4) is 0 Å². The summed E-state index contributed by atoms with van der Waals surface area (Å²) in [5, 5.41) is 3.51. The quantitative estimate of drug-likeness (QED) is 0.868. The molecule has 2 aliphatic rings. The summed E-state index contributed by atoms with van der Waals surface area (Å²) < 4.78 is 5.36. The minimum Gasteiger partial charge on any atom is -0.497 e. The Morgan fingerprint density at radius 3 is 3.06 bits per heavy atom. The maximum atomic E-state index is 5.36. The lowest BCUT2D eigenvalue weighted by Gasteiger charge is -2.31. The molecule has 1 aromatic carbocycles. The topological polar surface area (TPSA) is 21.3 Å². The normalized spacial score (nSPS) is 27.4. The van der Waals surface area contributed by atoms with Crippen LogP contribution in [0.15, 0.2) is 18.2 Å². The predicted octanol–water partition coefficient (Wildman–Crippen LogP) is 3.35. The van der Waals surface area contributed by atoms with Crippen molar-refractivity contribution < 1.29 is 4.74 Å². The molecule has 1 saturated heterocycles. The monoisotopic (exact) mass is 249 g/mol. The average molecular weight is 249 g/mol. The van der Waals surface area contributed by atoms with Gasteiger partial charge in [-0.3, -0.25) is 0 Å². The van der Waals surface area contributed by atoms with Gasteiger partial charge in [-0.1, -0.05) is 0 Å². The number of benzene rings is 1. The van der Waals surface area contributed by atoms with Gasteiger partial charge in [0.05, 0.1) is 7.11 Å². The molecule has 0 spiro atoms. The molecule has 0 radical (unpaired) electrons. The number of thioether (sulfide) groups is 1. The number of anilines is 1. The lowest BCUT2D eigenvalue weighted by atomic mass is 9.80. The third kappa shape index (κ3) is 2.13. The Hall–Kier alpha value is -0.830. The van der Waals surface area contributed by atoms with Crippen LogP contribution in [0.4, 0.5) is 5.69 Å². The van der Waals surface area contributed by atoms with E-state index in [1.807, 2.05) is 0 Å². The lowest BCUT2D eigenvalue weighted by molar-refractivity contribution is 0.408. The minimum atomic E-state index is 0.733. The van der Waals surface area contributed by atoms with Crippen LogP contribution in [0.25, 0.3) is 0 Å². The van der Waals surface area contributed by atoms with Gasteiger partial charge in [0.1, 0.15) is 5.75 Å². The van der Waals surface area contributed by atoms with Crippen molar-refractivity contribution in [3.63, 3.8) is 0 Å². The maximum Gasteiger partial charge on any atom is 0.119 e. The van der Waals surface area contributed by atoms with Crippen LogP contribution in [0.5, 0.6) is 5.75 Å². The molecule has 3 rings (SSSR count). The SMILES string of the molecule is COc1ccc2c(c1)C(C1CCSC1)CCN2. The van der Waals surface area contributed by atoms with Gasteiger partial charge < -0.3 is 10.1 Å². The summed E-state index contributed by atoms with van der Waals surface area (Å²) in [5.41, 5.74) is 2.79. The van der Waals surface area contributed by atoms with Crippen molar-refractivity contribution in [1.29, 1.82) is 0 Å². The van der Waals surface area contributed by atoms with Gasteiger partial charge in [0.25, 0.3) is 0 Å². The van der Waals surface area contributed by atoms with Crippen LogP contribution in [-0.2, 0) is 0 Å². The molecule has 0 aliphatic carbocycles. The van der Waals surface area contributed by atoms with E-state index < -0.39 is 0 Å². The zero-order chi connectivity index (χ0) is 11.7. The van der Waals surface area contributed by atoms with Gasteiger partial charge in [-0.05, 0) is 59.9 Å². The molecule has 2 heterocycles. The first-order valence-corrected chi connectivity index (χ1v) is 7.53. The summed E-state index contributed by atoms with van der Waals surface area (Å²) >= 11 is 2.11. The molecule has 2 nitrogen and oxygen atoms in total. The number of fused-ring (bicyclic) bond motifs is 1. The van der Waals surface area contributed by atoms with Crippen LogP contribution < -0.4 is 10.1 Å². The van der Waals surface area contributed by atoms with Crippen molar-refractivity contribution in [1.82, 2.24) is 0 Å². The standard InChI is InChI=1S/C14H19NOS/c1-16-11-2-3-14-13(8-11)12(4-6-15-14)10-5-7-17-9-10/h2-3,8,10,12,15H,4-7,9H2,1H3. The molecule has 1 aromatic rings. The van der Waals surface area contributed by atoms with Gasteiger partial charge in [0, 0.05) is 12.2 Å². The summed E-state index contributed by atoms with van der Waals surface area (Å²) in [6.07, 6.45) is 2.65. The molecule has 0 saturated carbocycles. The Labute approximate surface area is 107 Å². The molecular weight excluding hydrogens is 230 g/mol. The molecule has 2 unspecified atom stereocenters. The van der Waals surface area contributed by atoms with Crippen molar-refractivity contribution in [2.24, 2.45) is 5.92 Å². The van der Waals surface area contributed by atoms with E-state index in [0.29, 0.717) is 0 Å². The molecule has 0 aromatic heterocycles. The van der Waals surface area contributed by atoms with Crippen molar-refractivity contribution in [2.45, 2.75) is 18.8 Å². The van der Waals surface area contributed by atoms with Crippen molar-refractivity contribution in [3.05, 3.63) is 23.8 Å². The zero-order valence-corrected chi connectivity index (χ0v) is 11.1. The van der Waals surface area contributed by atoms with E-state index in [1.165, 1.54) is 35.6 Å². The molecular formula is C14H19NOS. The Morgan fingerprint density at radius 2 is 2.29 bits per heavy atom. The number of hydrogen-bond donors (Lipinski definition) is 1. The van der Waals surface area contributed by atoms with Gasteiger partial charge >= 0.3 is 0 Å². The van der Waals surface area contributed by atoms with E-state index in [2.05, 4.69) is 35.3 Å². The average Bonchev–Trinajstić information content (AvgIpc) is 2.91. The summed E-state index contributed by atoms with van der Waals surface area (Å²) in [6, 6.07) is 6.45. The van der Waals surface area contributed by atoms with E-state index >= 15 is 0 Å². The second kappa shape index (κ2) is 4.81. The molecule has 92 valence electrons. The number of rotatable bonds is 2. The Morgan fingerprint density at radius 1 is 1.35 bits per heavy atom. The summed E-state index contributed by atoms with van der Waals surface area (Å²) in [5.74, 6) is 5.27. The van der Waals surface area contributed by atoms with Crippen LogP contribution >= 0.6 is 11.8 Å². The lowest BCUT2D eigenvalue weighted by Crippen LogP contribution is -2.22. The predicted molar refractivity (Wildman–Crippen MR) is 74.3 cm³/mol.